The number of rotatable bonds is 6. The van der Waals surface area contributed by atoms with E-state index >= 15 is 0 Å². The zero-order valence-electron chi connectivity index (χ0n) is 9.97. The Bertz CT molecular complexity index is 159. The molecule has 0 aliphatic rings. The van der Waals surface area contributed by atoms with Gasteiger partial charge in [-0.2, -0.15) is 0 Å². The maximum absolute atomic E-state index is 11.5. The first-order chi connectivity index (χ1) is 6.63. The van der Waals surface area contributed by atoms with Gasteiger partial charge >= 0.3 is 6.03 Å². The van der Waals surface area contributed by atoms with Crippen molar-refractivity contribution in [3.8, 4) is 0 Å². The van der Waals surface area contributed by atoms with Gasteiger partial charge < -0.3 is 10.2 Å². The molecule has 0 aliphatic heterocycles. The van der Waals surface area contributed by atoms with Crippen molar-refractivity contribution in [3.63, 3.8) is 0 Å². The second kappa shape index (κ2) is 7.65. The molecule has 0 saturated carbocycles. The molecule has 0 fully saturated rings. The van der Waals surface area contributed by atoms with Gasteiger partial charge in [-0.05, 0) is 19.8 Å². The van der Waals surface area contributed by atoms with Crippen molar-refractivity contribution in [1.29, 1.82) is 0 Å². The standard InChI is InChI=1S/C11H24N2O/c1-5-7-9-12-11(14)13(4)10(3)8-6-2/h10H,5-9H2,1-4H3,(H,12,14). The van der Waals surface area contributed by atoms with Gasteiger partial charge in [0.25, 0.3) is 0 Å². The van der Waals surface area contributed by atoms with Crippen LogP contribution in [0.25, 0.3) is 0 Å². The van der Waals surface area contributed by atoms with Crippen LogP contribution in [0.1, 0.15) is 46.5 Å². The molecule has 0 aliphatic carbocycles. The van der Waals surface area contributed by atoms with Crippen LogP contribution in [0.4, 0.5) is 4.79 Å². The molecule has 0 spiro atoms. The van der Waals surface area contributed by atoms with Gasteiger partial charge in [-0.15, -0.1) is 0 Å². The minimum Gasteiger partial charge on any atom is -0.338 e. The quantitative estimate of drug-likeness (QED) is 0.657. The SMILES string of the molecule is CCCCNC(=O)N(C)C(C)CCC. The Hall–Kier alpha value is -0.730. The summed E-state index contributed by atoms with van der Waals surface area (Å²) in [6.07, 6.45) is 4.36. The van der Waals surface area contributed by atoms with Crippen LogP contribution in [0.15, 0.2) is 0 Å². The molecule has 0 radical (unpaired) electrons. The number of carbonyl (C=O) groups is 1. The van der Waals surface area contributed by atoms with Gasteiger partial charge in [-0.25, -0.2) is 4.79 Å². The summed E-state index contributed by atoms with van der Waals surface area (Å²) in [6, 6.07) is 0.390. The first-order valence-electron chi connectivity index (χ1n) is 5.64. The number of hydrogen-bond acceptors (Lipinski definition) is 1. The summed E-state index contributed by atoms with van der Waals surface area (Å²) in [7, 11) is 1.86. The van der Waals surface area contributed by atoms with E-state index in [9.17, 15) is 4.79 Å². The molecule has 0 aromatic rings. The highest BCUT2D eigenvalue weighted by molar-refractivity contribution is 5.74. The monoisotopic (exact) mass is 200 g/mol. The van der Waals surface area contributed by atoms with Crippen LogP contribution in [0, 0.1) is 0 Å². The van der Waals surface area contributed by atoms with Crippen molar-refractivity contribution in [2.45, 2.75) is 52.5 Å². The number of amides is 2. The number of carbonyl (C=O) groups excluding carboxylic acids is 1. The summed E-state index contributed by atoms with van der Waals surface area (Å²) in [5, 5.41) is 2.91. The lowest BCUT2D eigenvalue weighted by molar-refractivity contribution is 0.191. The fourth-order valence-electron chi connectivity index (χ4n) is 1.31. The maximum Gasteiger partial charge on any atom is 0.317 e. The number of urea groups is 1. The van der Waals surface area contributed by atoms with Crippen molar-refractivity contribution in [3.05, 3.63) is 0 Å². The predicted molar refractivity (Wildman–Crippen MR) is 60.4 cm³/mol. The van der Waals surface area contributed by atoms with Crippen LogP contribution >= 0.6 is 0 Å². The lowest BCUT2D eigenvalue weighted by Gasteiger charge is -2.24. The molecule has 0 heterocycles. The van der Waals surface area contributed by atoms with E-state index in [2.05, 4.69) is 26.1 Å². The van der Waals surface area contributed by atoms with Crippen LogP contribution in [-0.4, -0.2) is 30.6 Å². The Kier molecular flexibility index (Phi) is 7.25. The molecule has 3 nitrogen and oxygen atoms in total. The fourth-order valence-corrected chi connectivity index (χ4v) is 1.31. The molecule has 1 unspecified atom stereocenters. The molecule has 0 saturated heterocycles. The van der Waals surface area contributed by atoms with Crippen molar-refractivity contribution in [2.75, 3.05) is 13.6 Å². The Labute approximate surface area is 87.9 Å². The topological polar surface area (TPSA) is 32.3 Å². The smallest absolute Gasteiger partial charge is 0.317 e. The normalized spacial score (nSPS) is 12.3. The molecule has 3 heteroatoms. The third-order valence-electron chi connectivity index (χ3n) is 2.49. The van der Waals surface area contributed by atoms with Gasteiger partial charge in [0, 0.05) is 19.6 Å². The van der Waals surface area contributed by atoms with E-state index in [-0.39, 0.29) is 6.03 Å². The van der Waals surface area contributed by atoms with E-state index in [1.165, 1.54) is 0 Å². The molecule has 14 heavy (non-hydrogen) atoms. The van der Waals surface area contributed by atoms with Crippen LogP contribution in [0.2, 0.25) is 0 Å². The maximum atomic E-state index is 11.5. The Morgan fingerprint density at radius 3 is 2.50 bits per heavy atom. The van der Waals surface area contributed by atoms with Crippen molar-refractivity contribution >= 4 is 6.03 Å². The van der Waals surface area contributed by atoms with Crippen LogP contribution in [-0.2, 0) is 0 Å². The second-order valence-electron chi connectivity index (χ2n) is 3.83. The molecular weight excluding hydrogens is 176 g/mol. The molecule has 84 valence electrons. The minimum absolute atomic E-state index is 0.0550. The van der Waals surface area contributed by atoms with Crippen LogP contribution in [0.5, 0.6) is 0 Å². The highest BCUT2D eigenvalue weighted by Gasteiger charge is 2.13. The highest BCUT2D eigenvalue weighted by Crippen LogP contribution is 2.03. The second-order valence-corrected chi connectivity index (χ2v) is 3.83. The number of nitrogens with zero attached hydrogens (tertiary/aromatic N) is 1. The zero-order valence-corrected chi connectivity index (χ0v) is 9.97. The zero-order chi connectivity index (χ0) is 11.0. The molecule has 1 N–H and O–H groups in total. The fraction of sp³-hybridized carbons (Fsp3) is 0.909. The molecule has 0 bridgehead atoms. The van der Waals surface area contributed by atoms with Gasteiger partial charge in [-0.1, -0.05) is 26.7 Å². The van der Waals surface area contributed by atoms with Gasteiger partial charge in [-0.3, -0.25) is 0 Å². The van der Waals surface area contributed by atoms with E-state index in [4.69, 9.17) is 0 Å². The first-order valence-corrected chi connectivity index (χ1v) is 5.64. The van der Waals surface area contributed by atoms with E-state index in [0.29, 0.717) is 6.04 Å². The average Bonchev–Trinajstić information content (AvgIpc) is 2.17. The van der Waals surface area contributed by atoms with Gasteiger partial charge in [0.15, 0.2) is 0 Å². The molecular formula is C11H24N2O. The third kappa shape index (κ3) is 5.10. The van der Waals surface area contributed by atoms with Gasteiger partial charge in [0.05, 0.1) is 0 Å². The summed E-state index contributed by atoms with van der Waals surface area (Å²) < 4.78 is 0. The number of nitrogens with one attached hydrogen (secondary N) is 1. The number of unbranched alkanes of at least 4 members (excludes halogenated alkanes) is 1. The summed E-state index contributed by atoms with van der Waals surface area (Å²) >= 11 is 0. The minimum atomic E-state index is 0.0550. The van der Waals surface area contributed by atoms with Gasteiger partial charge in [0.1, 0.15) is 0 Å². The third-order valence-corrected chi connectivity index (χ3v) is 2.49. The summed E-state index contributed by atoms with van der Waals surface area (Å²) in [5.41, 5.74) is 0. The van der Waals surface area contributed by atoms with Crippen molar-refractivity contribution in [1.82, 2.24) is 10.2 Å². The molecule has 0 rings (SSSR count). The van der Waals surface area contributed by atoms with Gasteiger partial charge in [0.2, 0.25) is 0 Å². The van der Waals surface area contributed by atoms with Crippen LogP contribution < -0.4 is 5.32 Å². The Morgan fingerprint density at radius 2 is 2.00 bits per heavy atom. The lowest BCUT2D eigenvalue weighted by atomic mass is 10.2. The predicted octanol–water partition coefficient (Wildman–Crippen LogP) is 2.62. The molecule has 1 atom stereocenters. The van der Waals surface area contributed by atoms with E-state index in [1.54, 1.807) is 4.90 Å². The van der Waals surface area contributed by atoms with E-state index in [0.717, 1.165) is 32.2 Å². The Morgan fingerprint density at radius 1 is 1.36 bits per heavy atom. The van der Waals surface area contributed by atoms with E-state index in [1.807, 2.05) is 7.05 Å². The van der Waals surface area contributed by atoms with Crippen LogP contribution in [0.3, 0.4) is 0 Å². The molecule has 0 aromatic carbocycles. The number of hydrogen-bond donors (Lipinski definition) is 1. The summed E-state index contributed by atoms with van der Waals surface area (Å²) in [4.78, 5) is 13.3. The van der Waals surface area contributed by atoms with E-state index < -0.39 is 0 Å². The molecule has 2 amide bonds. The highest BCUT2D eigenvalue weighted by atomic mass is 16.2. The van der Waals surface area contributed by atoms with Crippen molar-refractivity contribution < 1.29 is 4.79 Å². The first kappa shape index (κ1) is 13.3. The average molecular weight is 200 g/mol. The summed E-state index contributed by atoms with van der Waals surface area (Å²) in [6.45, 7) is 7.14. The Balaban J connectivity index is 3.74. The largest absolute Gasteiger partial charge is 0.338 e. The van der Waals surface area contributed by atoms with Crippen molar-refractivity contribution in [2.24, 2.45) is 0 Å². The summed E-state index contributed by atoms with van der Waals surface area (Å²) in [5.74, 6) is 0. The molecule has 0 aromatic heterocycles. The lowest BCUT2D eigenvalue weighted by Crippen LogP contribution is -2.42.